The van der Waals surface area contributed by atoms with Gasteiger partial charge in [0.05, 0.1) is 21.3 Å². The maximum atomic E-state index is 5.42. The third-order valence-electron chi connectivity index (χ3n) is 4.99. The van der Waals surface area contributed by atoms with Crippen LogP contribution in [-0.4, -0.2) is 47.4 Å². The van der Waals surface area contributed by atoms with Gasteiger partial charge in [0.15, 0.2) is 17.5 Å². The highest BCUT2D eigenvalue weighted by Gasteiger charge is 2.13. The molecule has 0 unspecified atom stereocenters. The SMILES string of the molecule is CN=C(NCc1ccc(N2CC=CC2)cc1)NCc1cc(OC)c(OC)c(OC)c1. The van der Waals surface area contributed by atoms with Gasteiger partial charge in [0.2, 0.25) is 5.75 Å². The van der Waals surface area contributed by atoms with E-state index in [1.807, 2.05) is 12.1 Å². The Morgan fingerprint density at radius 3 is 1.93 bits per heavy atom. The predicted octanol–water partition coefficient (Wildman–Crippen LogP) is 2.95. The number of aliphatic imine (C=N–C) groups is 1. The zero-order valence-corrected chi connectivity index (χ0v) is 18.1. The van der Waals surface area contributed by atoms with Crippen LogP contribution >= 0.6 is 0 Å². The molecule has 3 rings (SSSR count). The second kappa shape index (κ2) is 10.4. The monoisotopic (exact) mass is 410 g/mol. The molecule has 2 N–H and O–H groups in total. The van der Waals surface area contributed by atoms with E-state index in [4.69, 9.17) is 14.2 Å². The highest BCUT2D eigenvalue weighted by molar-refractivity contribution is 5.79. The first-order valence-electron chi connectivity index (χ1n) is 9.90. The Morgan fingerprint density at radius 2 is 1.43 bits per heavy atom. The average molecular weight is 411 g/mol. The Kier molecular flexibility index (Phi) is 7.43. The Labute approximate surface area is 178 Å². The molecule has 1 heterocycles. The van der Waals surface area contributed by atoms with Crippen LogP contribution in [0.25, 0.3) is 0 Å². The maximum absolute atomic E-state index is 5.42. The topological polar surface area (TPSA) is 67.4 Å². The molecule has 7 heteroatoms. The molecule has 0 bridgehead atoms. The molecule has 7 nitrogen and oxygen atoms in total. The van der Waals surface area contributed by atoms with E-state index in [-0.39, 0.29) is 0 Å². The van der Waals surface area contributed by atoms with Crippen LogP contribution in [0.2, 0.25) is 0 Å². The highest BCUT2D eigenvalue weighted by Crippen LogP contribution is 2.38. The lowest BCUT2D eigenvalue weighted by molar-refractivity contribution is 0.323. The maximum Gasteiger partial charge on any atom is 0.203 e. The Hall–Kier alpha value is -3.35. The number of rotatable bonds is 8. The minimum Gasteiger partial charge on any atom is -0.493 e. The van der Waals surface area contributed by atoms with Crippen molar-refractivity contribution in [2.75, 3.05) is 46.4 Å². The summed E-state index contributed by atoms with van der Waals surface area (Å²) in [5.41, 5.74) is 3.44. The van der Waals surface area contributed by atoms with Gasteiger partial charge in [0.25, 0.3) is 0 Å². The number of methoxy groups -OCH3 is 3. The molecule has 0 atom stereocenters. The normalized spacial score (nSPS) is 13.3. The van der Waals surface area contributed by atoms with Crippen LogP contribution in [-0.2, 0) is 13.1 Å². The predicted molar refractivity (Wildman–Crippen MR) is 121 cm³/mol. The number of anilines is 1. The van der Waals surface area contributed by atoms with Crippen LogP contribution in [0.15, 0.2) is 53.5 Å². The minimum atomic E-state index is 0.567. The van der Waals surface area contributed by atoms with Gasteiger partial charge in [-0.1, -0.05) is 24.3 Å². The van der Waals surface area contributed by atoms with Crippen molar-refractivity contribution in [3.63, 3.8) is 0 Å². The van der Waals surface area contributed by atoms with Crippen LogP contribution in [0.3, 0.4) is 0 Å². The number of ether oxygens (including phenoxy) is 3. The number of guanidine groups is 1. The fraction of sp³-hybridized carbons (Fsp3) is 0.348. The summed E-state index contributed by atoms with van der Waals surface area (Å²) >= 11 is 0. The van der Waals surface area contributed by atoms with Crippen molar-refractivity contribution in [2.45, 2.75) is 13.1 Å². The van der Waals surface area contributed by atoms with E-state index < -0.39 is 0 Å². The standard InChI is InChI=1S/C23H30N4O3/c1-24-23(25-15-17-7-9-19(10-8-17)27-11-5-6-12-27)26-16-18-13-20(28-2)22(30-4)21(14-18)29-3/h5-10,13-14H,11-12,15-16H2,1-4H3,(H2,24,25,26). The number of hydrogen-bond donors (Lipinski definition) is 2. The summed E-state index contributed by atoms with van der Waals surface area (Å²) in [5.74, 6) is 2.56. The van der Waals surface area contributed by atoms with E-state index in [0.717, 1.165) is 24.6 Å². The first-order chi connectivity index (χ1) is 14.7. The molecule has 0 amide bonds. The van der Waals surface area contributed by atoms with Gasteiger partial charge in [-0.05, 0) is 35.4 Å². The molecule has 0 saturated carbocycles. The molecule has 0 fully saturated rings. The van der Waals surface area contributed by atoms with Crippen LogP contribution in [0.1, 0.15) is 11.1 Å². The van der Waals surface area contributed by atoms with Crippen LogP contribution in [0, 0.1) is 0 Å². The van der Waals surface area contributed by atoms with Gasteiger partial charge >= 0.3 is 0 Å². The van der Waals surface area contributed by atoms with Gasteiger partial charge in [-0.2, -0.15) is 0 Å². The summed E-state index contributed by atoms with van der Waals surface area (Å²) in [5, 5.41) is 6.67. The van der Waals surface area contributed by atoms with Gasteiger partial charge < -0.3 is 29.7 Å². The van der Waals surface area contributed by atoms with Crippen molar-refractivity contribution in [3.8, 4) is 17.2 Å². The zero-order chi connectivity index (χ0) is 21.3. The lowest BCUT2D eigenvalue weighted by Gasteiger charge is -2.18. The summed E-state index contributed by atoms with van der Waals surface area (Å²) in [6.45, 7) is 3.22. The minimum absolute atomic E-state index is 0.567. The molecular formula is C23H30N4O3. The van der Waals surface area contributed by atoms with E-state index in [1.54, 1.807) is 28.4 Å². The van der Waals surface area contributed by atoms with Gasteiger partial charge in [-0.15, -0.1) is 0 Å². The van der Waals surface area contributed by atoms with Crippen molar-refractivity contribution in [1.29, 1.82) is 0 Å². The quantitative estimate of drug-likeness (QED) is 0.396. The summed E-state index contributed by atoms with van der Waals surface area (Å²) in [7, 11) is 6.58. The summed E-state index contributed by atoms with van der Waals surface area (Å²) in [6, 6.07) is 12.5. The van der Waals surface area contributed by atoms with Crippen LogP contribution in [0.4, 0.5) is 5.69 Å². The van der Waals surface area contributed by atoms with Crippen LogP contribution in [0.5, 0.6) is 17.2 Å². The highest BCUT2D eigenvalue weighted by atomic mass is 16.5. The van der Waals surface area contributed by atoms with Gasteiger partial charge in [-0.3, -0.25) is 4.99 Å². The van der Waals surface area contributed by atoms with Gasteiger partial charge in [-0.25, -0.2) is 0 Å². The fourth-order valence-corrected chi connectivity index (χ4v) is 3.34. The number of hydrogen-bond acceptors (Lipinski definition) is 5. The Balaban J connectivity index is 1.56. The third kappa shape index (κ3) is 5.17. The van der Waals surface area contributed by atoms with Crippen molar-refractivity contribution in [2.24, 2.45) is 4.99 Å². The molecule has 0 aromatic heterocycles. The largest absolute Gasteiger partial charge is 0.493 e. The van der Waals surface area contributed by atoms with E-state index in [0.29, 0.717) is 30.3 Å². The molecule has 0 spiro atoms. The number of benzene rings is 2. The zero-order valence-electron chi connectivity index (χ0n) is 18.1. The first-order valence-corrected chi connectivity index (χ1v) is 9.90. The molecular weight excluding hydrogens is 380 g/mol. The fourth-order valence-electron chi connectivity index (χ4n) is 3.34. The second-order valence-electron chi connectivity index (χ2n) is 6.86. The molecule has 0 radical (unpaired) electrons. The van der Waals surface area contributed by atoms with Crippen LogP contribution < -0.4 is 29.7 Å². The van der Waals surface area contributed by atoms with E-state index in [9.17, 15) is 0 Å². The van der Waals surface area contributed by atoms with Crippen molar-refractivity contribution >= 4 is 11.6 Å². The van der Waals surface area contributed by atoms with Crippen molar-refractivity contribution < 1.29 is 14.2 Å². The first kappa shape index (κ1) is 21.4. The molecule has 160 valence electrons. The van der Waals surface area contributed by atoms with Crippen molar-refractivity contribution in [3.05, 3.63) is 59.7 Å². The van der Waals surface area contributed by atoms with Gasteiger partial charge in [0.1, 0.15) is 0 Å². The van der Waals surface area contributed by atoms with E-state index in [2.05, 4.69) is 56.9 Å². The summed E-state index contributed by atoms with van der Waals surface area (Å²) in [6.07, 6.45) is 4.39. The molecule has 2 aromatic carbocycles. The molecule has 1 aliphatic rings. The average Bonchev–Trinajstić information content (AvgIpc) is 3.33. The molecule has 0 saturated heterocycles. The lowest BCUT2D eigenvalue weighted by Crippen LogP contribution is -2.36. The summed E-state index contributed by atoms with van der Waals surface area (Å²) in [4.78, 5) is 6.64. The Bertz CT molecular complexity index is 861. The molecule has 1 aliphatic heterocycles. The summed E-state index contributed by atoms with van der Waals surface area (Å²) < 4.78 is 16.2. The molecule has 2 aromatic rings. The van der Waals surface area contributed by atoms with Gasteiger partial charge in [0, 0.05) is 38.9 Å². The number of nitrogens with one attached hydrogen (secondary N) is 2. The number of nitrogens with zero attached hydrogens (tertiary/aromatic N) is 2. The van der Waals surface area contributed by atoms with E-state index >= 15 is 0 Å². The van der Waals surface area contributed by atoms with E-state index in [1.165, 1.54) is 11.3 Å². The molecule has 0 aliphatic carbocycles. The second-order valence-corrected chi connectivity index (χ2v) is 6.86. The van der Waals surface area contributed by atoms with Crippen molar-refractivity contribution in [1.82, 2.24) is 10.6 Å². The smallest absolute Gasteiger partial charge is 0.203 e. The Morgan fingerprint density at radius 1 is 0.867 bits per heavy atom. The lowest BCUT2D eigenvalue weighted by atomic mass is 10.1. The molecule has 30 heavy (non-hydrogen) atoms. The third-order valence-corrected chi connectivity index (χ3v) is 4.99.